The fourth-order valence-electron chi connectivity index (χ4n) is 2.66. The lowest BCUT2D eigenvalue weighted by molar-refractivity contribution is 0.0701. The predicted molar refractivity (Wildman–Crippen MR) is 106 cm³/mol. The smallest absolute Gasteiger partial charge is 0.347 e. The first-order valence-corrected chi connectivity index (χ1v) is 9.55. The Kier molecular flexibility index (Phi) is 6.08. The fourth-order valence-corrected chi connectivity index (χ4v) is 3.69. The molecule has 0 amide bonds. The largest absolute Gasteiger partial charge is 0.490 e. The number of rotatable bonds is 8. The van der Waals surface area contributed by atoms with Crippen LogP contribution in [0.5, 0.6) is 11.5 Å². The molecule has 3 aromatic rings. The van der Waals surface area contributed by atoms with Gasteiger partial charge in [0, 0.05) is 0 Å². The third kappa shape index (κ3) is 4.46. The molecule has 1 aromatic heterocycles. The average molecular weight is 383 g/mol. The molecule has 0 fully saturated rings. The molecule has 0 saturated heterocycles. The minimum atomic E-state index is -0.944. The highest BCUT2D eigenvalue weighted by atomic mass is 32.1. The maximum Gasteiger partial charge on any atom is 0.347 e. The molecule has 0 spiro atoms. The van der Waals surface area contributed by atoms with Gasteiger partial charge in [-0.3, -0.25) is 0 Å². The van der Waals surface area contributed by atoms with Crippen LogP contribution in [0, 0.1) is 6.92 Å². The van der Waals surface area contributed by atoms with E-state index in [9.17, 15) is 9.90 Å². The van der Waals surface area contributed by atoms with E-state index in [1.54, 1.807) is 0 Å². The molecule has 0 atom stereocenters. The molecule has 1 heterocycles. The van der Waals surface area contributed by atoms with Gasteiger partial charge in [-0.2, -0.15) is 0 Å². The number of nitrogens with zero attached hydrogens (tertiary/aromatic N) is 1. The summed E-state index contributed by atoms with van der Waals surface area (Å²) in [6.45, 7) is 4.69. The average Bonchev–Trinajstić information content (AvgIpc) is 3.11. The van der Waals surface area contributed by atoms with Gasteiger partial charge in [0.25, 0.3) is 0 Å². The summed E-state index contributed by atoms with van der Waals surface area (Å²) in [5.41, 5.74) is 2.47. The van der Waals surface area contributed by atoms with Crippen LogP contribution >= 0.6 is 11.3 Å². The first-order valence-electron chi connectivity index (χ1n) is 8.73. The fraction of sp³-hybridized carbons (Fsp3) is 0.238. The lowest BCUT2D eigenvalue weighted by Crippen LogP contribution is -2.10. The van der Waals surface area contributed by atoms with Crippen LogP contribution in [0.3, 0.4) is 0 Å². The molecule has 0 aliphatic heterocycles. The molecule has 3 rings (SSSR count). The van der Waals surface area contributed by atoms with Crippen molar-refractivity contribution < 1.29 is 19.4 Å². The van der Waals surface area contributed by atoms with Gasteiger partial charge in [-0.15, -0.1) is 11.3 Å². The molecular weight excluding hydrogens is 362 g/mol. The van der Waals surface area contributed by atoms with Crippen molar-refractivity contribution in [2.45, 2.75) is 20.3 Å². The summed E-state index contributed by atoms with van der Waals surface area (Å²) >= 11 is 1.18. The Labute approximate surface area is 162 Å². The van der Waals surface area contributed by atoms with E-state index in [0.29, 0.717) is 36.1 Å². The Hall–Kier alpha value is -2.86. The van der Waals surface area contributed by atoms with Crippen LogP contribution in [-0.4, -0.2) is 29.3 Å². The van der Waals surface area contributed by atoms with Crippen molar-refractivity contribution in [1.29, 1.82) is 0 Å². The molecule has 0 aliphatic rings. The van der Waals surface area contributed by atoms with E-state index in [1.165, 1.54) is 11.3 Å². The molecule has 0 unspecified atom stereocenters. The van der Waals surface area contributed by atoms with E-state index >= 15 is 0 Å². The predicted octanol–water partition coefficient (Wildman–Crippen LogP) is 4.84. The first kappa shape index (κ1) is 18.9. The Morgan fingerprint density at radius 3 is 2.30 bits per heavy atom. The summed E-state index contributed by atoms with van der Waals surface area (Å²) in [7, 11) is 0. The molecule has 1 N–H and O–H groups in total. The zero-order chi connectivity index (χ0) is 19.2. The number of hydrogen-bond acceptors (Lipinski definition) is 5. The summed E-state index contributed by atoms with van der Waals surface area (Å²) in [5, 5.41) is 10.0. The van der Waals surface area contributed by atoms with Crippen LogP contribution in [0.2, 0.25) is 0 Å². The van der Waals surface area contributed by atoms with Crippen LogP contribution in [-0.2, 0) is 6.42 Å². The molecular formula is C21H21NO4S. The number of carboxylic acid groups (broad SMARTS) is 1. The molecule has 5 nitrogen and oxygen atoms in total. The van der Waals surface area contributed by atoms with Gasteiger partial charge >= 0.3 is 5.97 Å². The number of para-hydroxylation sites is 2. The number of ether oxygens (including phenoxy) is 2. The Morgan fingerprint density at radius 2 is 1.67 bits per heavy atom. The van der Waals surface area contributed by atoms with E-state index in [4.69, 9.17) is 9.47 Å². The number of carboxylic acids is 1. The quantitative estimate of drug-likeness (QED) is 0.564. The maximum absolute atomic E-state index is 11.4. The lowest BCUT2D eigenvalue weighted by Gasteiger charge is -2.12. The SMILES string of the molecule is CCc1nc(-c2ccccc2OCCOc2ccccc2C)sc1C(=O)O. The van der Waals surface area contributed by atoms with Gasteiger partial charge in [-0.05, 0) is 37.1 Å². The number of benzene rings is 2. The third-order valence-electron chi connectivity index (χ3n) is 4.04. The van der Waals surface area contributed by atoms with Gasteiger partial charge in [-0.1, -0.05) is 37.3 Å². The van der Waals surface area contributed by atoms with Crippen molar-refractivity contribution in [3.63, 3.8) is 0 Å². The van der Waals surface area contributed by atoms with Gasteiger partial charge in [0.1, 0.15) is 34.6 Å². The van der Waals surface area contributed by atoms with Crippen molar-refractivity contribution >= 4 is 17.3 Å². The summed E-state index contributed by atoms with van der Waals surface area (Å²) in [6, 6.07) is 15.4. The minimum absolute atomic E-state index is 0.283. The van der Waals surface area contributed by atoms with Crippen molar-refractivity contribution in [3.05, 3.63) is 64.7 Å². The molecule has 0 radical (unpaired) electrons. The van der Waals surface area contributed by atoms with E-state index in [0.717, 1.165) is 16.9 Å². The van der Waals surface area contributed by atoms with Crippen LogP contribution in [0.25, 0.3) is 10.6 Å². The molecule has 140 valence electrons. The van der Waals surface area contributed by atoms with Gasteiger partial charge in [0.15, 0.2) is 0 Å². The molecule has 0 aliphatic carbocycles. The highest BCUT2D eigenvalue weighted by Gasteiger charge is 2.18. The normalized spacial score (nSPS) is 10.6. The number of thiazole rings is 1. The number of carbonyl (C=O) groups is 1. The summed E-state index contributed by atoms with van der Waals surface area (Å²) in [5.74, 6) is 0.563. The second-order valence-electron chi connectivity index (χ2n) is 5.91. The van der Waals surface area contributed by atoms with Crippen LogP contribution < -0.4 is 9.47 Å². The molecule has 27 heavy (non-hydrogen) atoms. The Morgan fingerprint density at radius 1 is 1.04 bits per heavy atom. The van der Waals surface area contributed by atoms with Crippen LogP contribution in [0.1, 0.15) is 27.9 Å². The van der Waals surface area contributed by atoms with Crippen LogP contribution in [0.15, 0.2) is 48.5 Å². The first-order chi connectivity index (χ1) is 13.1. The molecule has 0 saturated carbocycles. The third-order valence-corrected chi connectivity index (χ3v) is 5.15. The van der Waals surface area contributed by atoms with E-state index in [1.807, 2.05) is 62.4 Å². The highest BCUT2D eigenvalue weighted by Crippen LogP contribution is 2.34. The Balaban J connectivity index is 1.71. The number of aromatic carboxylic acids is 1. The summed E-state index contributed by atoms with van der Waals surface area (Å²) in [4.78, 5) is 16.2. The monoisotopic (exact) mass is 383 g/mol. The number of hydrogen-bond donors (Lipinski definition) is 1. The number of aromatic nitrogens is 1. The van der Waals surface area contributed by atoms with E-state index < -0.39 is 5.97 Å². The van der Waals surface area contributed by atoms with E-state index in [2.05, 4.69) is 4.98 Å². The molecule has 0 bridgehead atoms. The summed E-state index contributed by atoms with van der Waals surface area (Å²) < 4.78 is 11.7. The molecule has 2 aromatic carbocycles. The van der Waals surface area contributed by atoms with Crippen molar-refractivity contribution in [3.8, 4) is 22.1 Å². The highest BCUT2D eigenvalue weighted by molar-refractivity contribution is 7.17. The standard InChI is InChI=1S/C21H21NO4S/c1-3-16-19(21(23)24)27-20(22-16)15-9-5-7-11-18(15)26-13-12-25-17-10-6-4-8-14(17)2/h4-11H,3,12-13H2,1-2H3,(H,23,24). The second kappa shape index (κ2) is 8.68. The zero-order valence-electron chi connectivity index (χ0n) is 15.3. The summed E-state index contributed by atoms with van der Waals surface area (Å²) in [6.07, 6.45) is 0.575. The van der Waals surface area contributed by atoms with E-state index in [-0.39, 0.29) is 4.88 Å². The minimum Gasteiger partial charge on any atom is -0.490 e. The van der Waals surface area contributed by atoms with Gasteiger partial charge in [0.05, 0.1) is 11.3 Å². The molecule has 6 heteroatoms. The lowest BCUT2D eigenvalue weighted by atomic mass is 10.2. The van der Waals surface area contributed by atoms with Crippen molar-refractivity contribution in [2.24, 2.45) is 0 Å². The topological polar surface area (TPSA) is 68.7 Å². The maximum atomic E-state index is 11.4. The van der Waals surface area contributed by atoms with Gasteiger partial charge in [0.2, 0.25) is 0 Å². The van der Waals surface area contributed by atoms with Gasteiger partial charge in [-0.25, -0.2) is 9.78 Å². The van der Waals surface area contributed by atoms with Crippen LogP contribution in [0.4, 0.5) is 0 Å². The number of aryl methyl sites for hydroxylation is 2. The second-order valence-corrected chi connectivity index (χ2v) is 6.91. The zero-order valence-corrected chi connectivity index (χ0v) is 16.1. The van der Waals surface area contributed by atoms with Crippen molar-refractivity contribution in [2.75, 3.05) is 13.2 Å². The van der Waals surface area contributed by atoms with Crippen molar-refractivity contribution in [1.82, 2.24) is 4.98 Å². The Bertz CT molecular complexity index is 935. The van der Waals surface area contributed by atoms with Gasteiger partial charge < -0.3 is 14.6 Å².